The Bertz CT molecular complexity index is 484. The molecule has 0 amide bonds. The number of aromatic nitrogens is 3. The molecule has 16 heavy (non-hydrogen) atoms. The van der Waals surface area contributed by atoms with Gasteiger partial charge in [-0.1, -0.05) is 12.1 Å². The molecule has 0 atom stereocenters. The molecule has 4 nitrogen and oxygen atoms in total. The van der Waals surface area contributed by atoms with Gasteiger partial charge < -0.3 is 4.74 Å². The number of hydrogen-bond acceptors (Lipinski definition) is 3. The van der Waals surface area contributed by atoms with Crippen LogP contribution in [0.25, 0.3) is 11.4 Å². The number of aryl methyl sites for hydroxylation is 1. The van der Waals surface area contributed by atoms with Gasteiger partial charge in [0.1, 0.15) is 11.6 Å². The first-order valence-electron chi connectivity index (χ1n) is 4.59. The highest BCUT2D eigenvalue weighted by Gasteiger charge is 2.07. The van der Waals surface area contributed by atoms with Crippen LogP contribution in [0.15, 0.2) is 24.3 Å². The van der Waals surface area contributed by atoms with E-state index in [0.717, 1.165) is 0 Å². The third-order valence-electron chi connectivity index (χ3n) is 1.91. The van der Waals surface area contributed by atoms with Gasteiger partial charge >= 0.3 is 6.61 Å². The Hall–Kier alpha value is -1.98. The first kappa shape index (κ1) is 10.5. The van der Waals surface area contributed by atoms with Crippen molar-refractivity contribution in [1.29, 1.82) is 0 Å². The number of alkyl halides is 2. The molecular formula is C10H9F2N3O. The molecule has 1 aromatic heterocycles. The molecule has 1 aromatic carbocycles. The van der Waals surface area contributed by atoms with E-state index in [-0.39, 0.29) is 5.75 Å². The number of rotatable bonds is 3. The van der Waals surface area contributed by atoms with Crippen LogP contribution in [-0.2, 0) is 0 Å². The summed E-state index contributed by atoms with van der Waals surface area (Å²) in [6.45, 7) is -1.07. The molecule has 0 unspecified atom stereocenters. The van der Waals surface area contributed by atoms with Crippen molar-refractivity contribution in [3.63, 3.8) is 0 Å². The van der Waals surface area contributed by atoms with Gasteiger partial charge in [0.05, 0.1) is 0 Å². The third-order valence-corrected chi connectivity index (χ3v) is 1.91. The Morgan fingerprint density at radius 2 is 2.19 bits per heavy atom. The van der Waals surface area contributed by atoms with E-state index >= 15 is 0 Å². The number of hydrogen-bond donors (Lipinski definition) is 1. The van der Waals surface area contributed by atoms with Gasteiger partial charge in [-0.2, -0.15) is 13.9 Å². The maximum Gasteiger partial charge on any atom is 0.387 e. The molecule has 2 rings (SSSR count). The molecule has 0 saturated carbocycles. The van der Waals surface area contributed by atoms with Crippen molar-refractivity contribution < 1.29 is 13.5 Å². The van der Waals surface area contributed by atoms with Crippen LogP contribution in [0.5, 0.6) is 5.75 Å². The van der Waals surface area contributed by atoms with E-state index in [0.29, 0.717) is 17.2 Å². The summed E-state index contributed by atoms with van der Waals surface area (Å²) >= 11 is 0. The maximum atomic E-state index is 12.0. The first-order chi connectivity index (χ1) is 7.65. The second-order valence-electron chi connectivity index (χ2n) is 3.15. The third kappa shape index (κ3) is 2.33. The zero-order valence-corrected chi connectivity index (χ0v) is 8.45. The van der Waals surface area contributed by atoms with Crippen molar-refractivity contribution >= 4 is 0 Å². The van der Waals surface area contributed by atoms with Crippen LogP contribution in [0, 0.1) is 6.92 Å². The molecule has 0 aliphatic rings. The predicted molar refractivity (Wildman–Crippen MR) is 53.2 cm³/mol. The second kappa shape index (κ2) is 4.26. The summed E-state index contributed by atoms with van der Waals surface area (Å²) in [6.07, 6.45) is 0. The molecule has 6 heteroatoms. The quantitative estimate of drug-likeness (QED) is 0.872. The van der Waals surface area contributed by atoms with Crippen molar-refractivity contribution in [2.24, 2.45) is 0 Å². The normalized spacial score (nSPS) is 10.8. The number of ether oxygens (including phenoxy) is 1. The van der Waals surface area contributed by atoms with Gasteiger partial charge in [0, 0.05) is 5.56 Å². The molecule has 0 bridgehead atoms. The molecule has 0 fully saturated rings. The molecule has 0 aliphatic carbocycles. The lowest BCUT2D eigenvalue weighted by atomic mass is 10.2. The summed E-state index contributed by atoms with van der Waals surface area (Å²) in [4.78, 5) is 4.09. The van der Waals surface area contributed by atoms with E-state index in [2.05, 4.69) is 19.9 Å². The lowest BCUT2D eigenvalue weighted by molar-refractivity contribution is -0.0498. The zero-order valence-electron chi connectivity index (χ0n) is 8.45. The smallest absolute Gasteiger partial charge is 0.387 e. The molecule has 1 N–H and O–H groups in total. The predicted octanol–water partition coefficient (Wildman–Crippen LogP) is 2.38. The Kier molecular flexibility index (Phi) is 2.80. The summed E-state index contributed by atoms with van der Waals surface area (Å²) in [5, 5.41) is 6.60. The van der Waals surface area contributed by atoms with Crippen LogP contribution >= 0.6 is 0 Å². The van der Waals surface area contributed by atoms with Crippen LogP contribution < -0.4 is 4.74 Å². The molecule has 1 heterocycles. The van der Waals surface area contributed by atoms with Crippen molar-refractivity contribution in [2.75, 3.05) is 0 Å². The summed E-state index contributed by atoms with van der Waals surface area (Å²) in [6, 6.07) is 6.25. The summed E-state index contributed by atoms with van der Waals surface area (Å²) in [7, 11) is 0. The van der Waals surface area contributed by atoms with Crippen LogP contribution in [0.1, 0.15) is 5.82 Å². The van der Waals surface area contributed by atoms with E-state index in [1.165, 1.54) is 12.1 Å². The van der Waals surface area contributed by atoms with Gasteiger partial charge in [-0.05, 0) is 19.1 Å². The first-order valence-corrected chi connectivity index (χ1v) is 4.59. The molecule has 2 aromatic rings. The molecule has 0 spiro atoms. The lowest BCUT2D eigenvalue weighted by Crippen LogP contribution is -2.01. The molecular weight excluding hydrogens is 216 g/mol. The van der Waals surface area contributed by atoms with E-state index in [4.69, 9.17) is 0 Å². The molecule has 84 valence electrons. The van der Waals surface area contributed by atoms with E-state index < -0.39 is 6.61 Å². The Labute approximate surface area is 90.3 Å². The minimum Gasteiger partial charge on any atom is -0.435 e. The number of H-pyrrole nitrogens is 1. The topological polar surface area (TPSA) is 50.8 Å². The summed E-state index contributed by atoms with van der Waals surface area (Å²) in [5.41, 5.74) is 0.627. The van der Waals surface area contributed by atoms with Crippen molar-refractivity contribution in [3.8, 4) is 17.1 Å². The average molecular weight is 225 g/mol. The van der Waals surface area contributed by atoms with Crippen molar-refractivity contribution in [3.05, 3.63) is 30.1 Å². The van der Waals surface area contributed by atoms with Crippen LogP contribution in [0.3, 0.4) is 0 Å². The Morgan fingerprint density at radius 1 is 1.38 bits per heavy atom. The highest BCUT2D eigenvalue weighted by Crippen LogP contribution is 2.21. The highest BCUT2D eigenvalue weighted by atomic mass is 19.3. The van der Waals surface area contributed by atoms with Gasteiger partial charge in [-0.25, -0.2) is 4.98 Å². The molecule has 0 aliphatic heterocycles. The summed E-state index contributed by atoms with van der Waals surface area (Å²) < 4.78 is 28.3. The SMILES string of the molecule is Cc1nc(-c2cccc(OC(F)F)c2)n[nH]1. The van der Waals surface area contributed by atoms with Gasteiger partial charge in [0.2, 0.25) is 0 Å². The fraction of sp³-hybridized carbons (Fsp3) is 0.200. The van der Waals surface area contributed by atoms with Gasteiger partial charge in [-0.15, -0.1) is 0 Å². The zero-order chi connectivity index (χ0) is 11.5. The fourth-order valence-corrected chi connectivity index (χ4v) is 1.28. The number of nitrogens with one attached hydrogen (secondary N) is 1. The van der Waals surface area contributed by atoms with E-state index in [1.54, 1.807) is 19.1 Å². The second-order valence-corrected chi connectivity index (χ2v) is 3.15. The van der Waals surface area contributed by atoms with Gasteiger partial charge in [0.25, 0.3) is 0 Å². The maximum absolute atomic E-state index is 12.0. The Morgan fingerprint density at radius 3 is 2.81 bits per heavy atom. The lowest BCUT2D eigenvalue weighted by Gasteiger charge is -2.04. The molecule has 0 radical (unpaired) electrons. The standard InChI is InChI=1S/C10H9F2N3O/c1-6-13-9(15-14-6)7-3-2-4-8(5-7)16-10(11)12/h2-5,10H,1H3,(H,13,14,15). The minimum atomic E-state index is -2.83. The number of benzene rings is 1. The largest absolute Gasteiger partial charge is 0.435 e. The van der Waals surface area contributed by atoms with Crippen LogP contribution in [0.4, 0.5) is 8.78 Å². The fourth-order valence-electron chi connectivity index (χ4n) is 1.28. The van der Waals surface area contributed by atoms with Crippen molar-refractivity contribution in [2.45, 2.75) is 13.5 Å². The highest BCUT2D eigenvalue weighted by molar-refractivity contribution is 5.57. The summed E-state index contributed by atoms with van der Waals surface area (Å²) in [5.74, 6) is 1.21. The number of aromatic amines is 1. The minimum absolute atomic E-state index is 0.0925. The van der Waals surface area contributed by atoms with Crippen LogP contribution in [-0.4, -0.2) is 21.8 Å². The van der Waals surface area contributed by atoms with Crippen LogP contribution in [0.2, 0.25) is 0 Å². The average Bonchev–Trinajstić information content (AvgIpc) is 2.64. The van der Waals surface area contributed by atoms with Gasteiger partial charge in [-0.3, -0.25) is 5.10 Å². The van der Waals surface area contributed by atoms with E-state index in [9.17, 15) is 8.78 Å². The van der Waals surface area contributed by atoms with E-state index in [1.807, 2.05) is 0 Å². The number of nitrogens with zero attached hydrogens (tertiary/aromatic N) is 2. The number of halogens is 2. The molecule has 0 saturated heterocycles. The van der Waals surface area contributed by atoms with Crippen molar-refractivity contribution in [1.82, 2.24) is 15.2 Å². The van der Waals surface area contributed by atoms with Gasteiger partial charge in [0.15, 0.2) is 5.82 Å². The monoisotopic (exact) mass is 225 g/mol. The Balaban J connectivity index is 2.28.